The number of carbonyl (C=O) groups is 1. The Hall–Kier alpha value is -0.140. The zero-order valence-corrected chi connectivity index (χ0v) is 12.0. The van der Waals surface area contributed by atoms with Gasteiger partial charge in [-0.15, -0.1) is 0 Å². The maximum absolute atomic E-state index is 11.5. The fourth-order valence-electron chi connectivity index (χ4n) is 0.931. The lowest BCUT2D eigenvalue weighted by molar-refractivity contribution is -0.157. The van der Waals surface area contributed by atoms with Gasteiger partial charge >= 0.3 is 5.97 Å². The van der Waals surface area contributed by atoms with Crippen LogP contribution >= 0.6 is 9.39 Å². The molecule has 0 rings (SSSR count). The van der Waals surface area contributed by atoms with Crippen molar-refractivity contribution in [3.63, 3.8) is 0 Å². The maximum atomic E-state index is 11.5. The summed E-state index contributed by atoms with van der Waals surface area (Å²) < 4.78 is 5.23. The Bertz CT molecular complexity index is 166. The molecular weight excluding hydrogens is 209 g/mol. The zero-order valence-electron chi connectivity index (χ0n) is 10.9. The van der Waals surface area contributed by atoms with Crippen molar-refractivity contribution in [1.29, 1.82) is 0 Å². The first-order valence-corrected chi connectivity index (χ1v) is 6.17. The van der Waals surface area contributed by atoms with Gasteiger partial charge in [0, 0.05) is 0 Å². The second kappa shape index (κ2) is 9.11. The number of carbonyl (C=O) groups excluding carboxylic acids is 1. The van der Waals surface area contributed by atoms with E-state index in [1.54, 1.807) is 0 Å². The van der Waals surface area contributed by atoms with E-state index in [-0.39, 0.29) is 12.0 Å². The molecule has 15 heavy (non-hydrogen) atoms. The van der Waals surface area contributed by atoms with E-state index >= 15 is 0 Å². The van der Waals surface area contributed by atoms with E-state index in [0.29, 0.717) is 0 Å². The van der Waals surface area contributed by atoms with E-state index in [2.05, 4.69) is 14.5 Å². The van der Waals surface area contributed by atoms with Crippen LogP contribution in [0.2, 0.25) is 0 Å². The van der Waals surface area contributed by atoms with E-state index in [1.165, 1.54) is 0 Å². The van der Waals surface area contributed by atoms with Gasteiger partial charge in [0.2, 0.25) is 0 Å². The van der Waals surface area contributed by atoms with Crippen LogP contribution in [0, 0.1) is 0 Å². The largest absolute Gasteiger partial charge is 0.459 e. The summed E-state index contributed by atoms with van der Waals surface area (Å²) in [6, 6.07) is -0.200. The van der Waals surface area contributed by atoms with E-state index in [9.17, 15) is 4.79 Å². The Balaban J connectivity index is 0. The molecule has 2 atom stereocenters. The summed E-state index contributed by atoms with van der Waals surface area (Å²) in [5.74, 6) is -0.177. The van der Waals surface area contributed by atoms with Crippen LogP contribution in [0.1, 0.15) is 54.4 Å². The third kappa shape index (κ3) is 10.1. The molecule has 92 valence electrons. The number of ether oxygens (including phenoxy) is 1. The van der Waals surface area contributed by atoms with E-state index < -0.39 is 5.60 Å². The van der Waals surface area contributed by atoms with Gasteiger partial charge in [0.25, 0.3) is 0 Å². The topological polar surface area (TPSA) is 38.3 Å². The summed E-state index contributed by atoms with van der Waals surface area (Å²) in [6.45, 7) is 11.7. The first-order chi connectivity index (χ1) is 6.90. The normalized spacial score (nSPS) is 12.5. The molecule has 4 heteroatoms. The molecule has 0 spiro atoms. The van der Waals surface area contributed by atoms with Crippen LogP contribution in [-0.4, -0.2) is 17.6 Å². The van der Waals surface area contributed by atoms with Crippen molar-refractivity contribution in [2.75, 3.05) is 0 Å². The quantitative estimate of drug-likeness (QED) is 0.601. The van der Waals surface area contributed by atoms with Gasteiger partial charge in [-0.3, -0.25) is 9.88 Å². The van der Waals surface area contributed by atoms with Gasteiger partial charge in [0.05, 0.1) is 0 Å². The summed E-state index contributed by atoms with van der Waals surface area (Å²) in [5.41, 5.74) is -0.398. The molecule has 0 aliphatic heterocycles. The van der Waals surface area contributed by atoms with Gasteiger partial charge in [-0.05, 0) is 27.2 Å². The fraction of sp³-hybridized carbons (Fsp3) is 0.909. The molecule has 3 nitrogen and oxygen atoms in total. The van der Waals surface area contributed by atoms with Gasteiger partial charge in [0.15, 0.2) is 0 Å². The van der Waals surface area contributed by atoms with Gasteiger partial charge < -0.3 is 4.74 Å². The molecule has 0 aromatic heterocycles. The highest BCUT2D eigenvalue weighted by Crippen LogP contribution is 2.10. The molecule has 0 saturated heterocycles. The lowest BCUT2D eigenvalue weighted by Gasteiger charge is -2.23. The Kier molecular flexibility index (Phi) is 10.5. The van der Waals surface area contributed by atoms with Crippen molar-refractivity contribution in [2.24, 2.45) is 0 Å². The van der Waals surface area contributed by atoms with Crippen LogP contribution < -0.4 is 5.09 Å². The minimum atomic E-state index is -0.398. The molecule has 0 amide bonds. The molecule has 0 heterocycles. The van der Waals surface area contributed by atoms with Crippen LogP contribution in [0.3, 0.4) is 0 Å². The highest BCUT2D eigenvalue weighted by atomic mass is 31.0. The molecule has 0 bridgehead atoms. The molecule has 0 aromatic rings. The first-order valence-electron chi connectivity index (χ1n) is 5.59. The summed E-state index contributed by atoms with van der Waals surface area (Å²) in [5, 5.41) is 2.87. The van der Waals surface area contributed by atoms with Crippen molar-refractivity contribution >= 4 is 15.4 Å². The van der Waals surface area contributed by atoms with Crippen molar-refractivity contribution in [2.45, 2.75) is 66.0 Å². The van der Waals surface area contributed by atoms with E-state index in [0.717, 1.165) is 12.8 Å². The molecule has 2 unspecified atom stereocenters. The number of hydrogen-bond donors (Lipinski definition) is 1. The predicted molar refractivity (Wildman–Crippen MR) is 68.7 cm³/mol. The second-order valence-electron chi connectivity index (χ2n) is 4.04. The molecule has 0 aliphatic rings. The van der Waals surface area contributed by atoms with Gasteiger partial charge in [-0.1, -0.05) is 36.6 Å². The molecular formula is C11H26NO2P. The predicted octanol–water partition coefficient (Wildman–Crippen LogP) is 2.90. The van der Waals surface area contributed by atoms with Crippen LogP contribution in [0.15, 0.2) is 0 Å². The lowest BCUT2D eigenvalue weighted by Crippen LogP contribution is -2.37. The van der Waals surface area contributed by atoms with Crippen molar-refractivity contribution in [3.05, 3.63) is 0 Å². The Morgan fingerprint density at radius 2 is 1.87 bits per heavy atom. The van der Waals surface area contributed by atoms with E-state index in [4.69, 9.17) is 4.74 Å². The van der Waals surface area contributed by atoms with Crippen LogP contribution in [-0.2, 0) is 9.53 Å². The van der Waals surface area contributed by atoms with Crippen molar-refractivity contribution in [3.8, 4) is 0 Å². The number of esters is 1. The van der Waals surface area contributed by atoms with Crippen LogP contribution in [0.4, 0.5) is 0 Å². The minimum Gasteiger partial charge on any atom is -0.459 e. The number of rotatable bonds is 4. The van der Waals surface area contributed by atoms with E-state index in [1.807, 2.05) is 41.5 Å². The minimum absolute atomic E-state index is 0.177. The molecule has 1 N–H and O–H groups in total. The monoisotopic (exact) mass is 235 g/mol. The summed E-state index contributed by atoms with van der Waals surface area (Å²) in [4.78, 5) is 11.5. The van der Waals surface area contributed by atoms with Crippen molar-refractivity contribution < 1.29 is 9.53 Å². The average Bonchev–Trinajstić information content (AvgIpc) is 2.14. The molecule has 0 fully saturated rings. The lowest BCUT2D eigenvalue weighted by atomic mass is 10.1. The maximum Gasteiger partial charge on any atom is 0.323 e. The average molecular weight is 235 g/mol. The van der Waals surface area contributed by atoms with Gasteiger partial charge in [0.1, 0.15) is 11.6 Å². The number of hydrogen-bond acceptors (Lipinski definition) is 3. The second-order valence-corrected chi connectivity index (χ2v) is 4.37. The smallest absolute Gasteiger partial charge is 0.323 e. The molecule has 0 aromatic carbocycles. The molecule has 0 aliphatic carbocycles. The Labute approximate surface area is 96.6 Å². The Morgan fingerprint density at radius 1 is 1.40 bits per heavy atom. The molecule has 0 radical (unpaired) electrons. The van der Waals surface area contributed by atoms with Gasteiger partial charge in [-0.2, -0.15) is 0 Å². The number of nitrogens with one attached hydrogen (secondary N) is 1. The Morgan fingerprint density at radius 3 is 2.13 bits per heavy atom. The highest BCUT2D eigenvalue weighted by Gasteiger charge is 2.22. The third-order valence-electron chi connectivity index (χ3n) is 1.47. The van der Waals surface area contributed by atoms with Crippen LogP contribution in [0.5, 0.6) is 0 Å². The molecule has 0 saturated carbocycles. The van der Waals surface area contributed by atoms with Crippen LogP contribution in [0.25, 0.3) is 0 Å². The van der Waals surface area contributed by atoms with Gasteiger partial charge in [-0.25, -0.2) is 0 Å². The summed E-state index contributed by atoms with van der Waals surface area (Å²) in [6.07, 6.45) is 1.77. The van der Waals surface area contributed by atoms with Crippen molar-refractivity contribution in [1.82, 2.24) is 5.09 Å². The summed E-state index contributed by atoms with van der Waals surface area (Å²) >= 11 is 0. The fourth-order valence-corrected chi connectivity index (χ4v) is 1.23. The standard InChI is InChI=1S/C9H20NO2P.C2H6/c1-5-6-7(10-13)8(11)12-9(2,3)4;1-2/h7,10H,5-6,13H2,1-4H3;1-2H3. The highest BCUT2D eigenvalue weighted by molar-refractivity contribution is 7.13. The zero-order chi connectivity index (χ0) is 12.5. The SMILES string of the molecule is CC.CCCC(NP)C(=O)OC(C)(C)C. The third-order valence-corrected chi connectivity index (χ3v) is 1.87. The first kappa shape index (κ1) is 17.3. The summed E-state index contributed by atoms with van der Waals surface area (Å²) in [7, 11) is 2.36.